The maximum Gasteiger partial charge on any atom is 0.129 e. The number of rotatable bonds is 2. The van der Waals surface area contributed by atoms with Crippen LogP contribution in [0.25, 0.3) is 0 Å². The van der Waals surface area contributed by atoms with Crippen molar-refractivity contribution in [3.8, 4) is 0 Å². The standard InChI is InChI=1S/C9H8BrFO/c10-4-6-1-2-7(8(11)3-6)9-5-12-9/h1-3,9H,4-5H2. The van der Waals surface area contributed by atoms with Gasteiger partial charge in [0.15, 0.2) is 0 Å². The predicted molar refractivity (Wildman–Crippen MR) is 47.7 cm³/mol. The average Bonchev–Trinajstić information content (AvgIpc) is 2.87. The first-order valence-corrected chi connectivity index (χ1v) is 4.89. The molecular formula is C9H8BrFO. The number of halogens is 2. The summed E-state index contributed by atoms with van der Waals surface area (Å²) in [4.78, 5) is 0. The molecule has 1 saturated heterocycles. The highest BCUT2D eigenvalue weighted by molar-refractivity contribution is 9.08. The molecule has 1 atom stereocenters. The third-order valence-corrected chi connectivity index (χ3v) is 2.55. The Kier molecular flexibility index (Phi) is 2.15. The lowest BCUT2D eigenvalue weighted by Crippen LogP contribution is -1.89. The summed E-state index contributed by atoms with van der Waals surface area (Å²) >= 11 is 3.27. The summed E-state index contributed by atoms with van der Waals surface area (Å²) in [7, 11) is 0. The van der Waals surface area contributed by atoms with E-state index in [0.717, 1.165) is 5.56 Å². The van der Waals surface area contributed by atoms with Crippen LogP contribution in [0.2, 0.25) is 0 Å². The third kappa shape index (κ3) is 1.52. The van der Waals surface area contributed by atoms with Gasteiger partial charge in [0.05, 0.1) is 6.61 Å². The Hall–Kier alpha value is -0.410. The van der Waals surface area contributed by atoms with Crippen LogP contribution >= 0.6 is 15.9 Å². The molecule has 0 radical (unpaired) electrons. The molecule has 1 heterocycles. The largest absolute Gasteiger partial charge is 0.368 e. The second-order valence-electron chi connectivity index (χ2n) is 2.81. The van der Waals surface area contributed by atoms with Gasteiger partial charge in [-0.3, -0.25) is 0 Å². The van der Waals surface area contributed by atoms with E-state index in [-0.39, 0.29) is 11.9 Å². The lowest BCUT2D eigenvalue weighted by molar-refractivity contribution is 0.408. The van der Waals surface area contributed by atoms with E-state index in [1.807, 2.05) is 6.07 Å². The summed E-state index contributed by atoms with van der Waals surface area (Å²) in [5, 5.41) is 0.690. The molecule has 64 valence electrons. The molecule has 0 saturated carbocycles. The number of hydrogen-bond acceptors (Lipinski definition) is 1. The number of ether oxygens (including phenoxy) is 1. The van der Waals surface area contributed by atoms with Gasteiger partial charge in [-0.15, -0.1) is 0 Å². The smallest absolute Gasteiger partial charge is 0.129 e. The van der Waals surface area contributed by atoms with Crippen molar-refractivity contribution < 1.29 is 9.13 Å². The van der Waals surface area contributed by atoms with E-state index < -0.39 is 0 Å². The van der Waals surface area contributed by atoms with Gasteiger partial charge in [0.1, 0.15) is 11.9 Å². The van der Waals surface area contributed by atoms with E-state index >= 15 is 0 Å². The second-order valence-corrected chi connectivity index (χ2v) is 3.37. The molecule has 0 aromatic heterocycles. The zero-order valence-electron chi connectivity index (χ0n) is 6.39. The number of epoxide rings is 1. The Labute approximate surface area is 78.7 Å². The van der Waals surface area contributed by atoms with Gasteiger partial charge in [0.2, 0.25) is 0 Å². The molecule has 1 fully saturated rings. The molecular weight excluding hydrogens is 223 g/mol. The van der Waals surface area contributed by atoms with Crippen LogP contribution in [0, 0.1) is 5.82 Å². The molecule has 0 aliphatic carbocycles. The van der Waals surface area contributed by atoms with E-state index in [4.69, 9.17) is 4.74 Å². The normalized spacial score (nSPS) is 21.0. The lowest BCUT2D eigenvalue weighted by atomic mass is 10.1. The lowest BCUT2D eigenvalue weighted by Gasteiger charge is -2.00. The van der Waals surface area contributed by atoms with Gasteiger partial charge in [-0.25, -0.2) is 4.39 Å². The monoisotopic (exact) mass is 230 g/mol. The zero-order valence-corrected chi connectivity index (χ0v) is 7.97. The predicted octanol–water partition coefficient (Wildman–Crippen LogP) is 2.79. The fourth-order valence-corrected chi connectivity index (χ4v) is 1.49. The molecule has 2 rings (SSSR count). The quantitative estimate of drug-likeness (QED) is 0.563. The van der Waals surface area contributed by atoms with Crippen LogP contribution in [-0.4, -0.2) is 6.61 Å². The van der Waals surface area contributed by atoms with Crippen molar-refractivity contribution in [3.63, 3.8) is 0 Å². The first-order chi connectivity index (χ1) is 5.81. The van der Waals surface area contributed by atoms with Crippen molar-refractivity contribution in [1.29, 1.82) is 0 Å². The Morgan fingerprint density at radius 2 is 2.33 bits per heavy atom. The fraction of sp³-hybridized carbons (Fsp3) is 0.333. The highest BCUT2D eigenvalue weighted by Crippen LogP contribution is 2.31. The highest BCUT2D eigenvalue weighted by atomic mass is 79.9. The molecule has 1 aromatic rings. The molecule has 0 spiro atoms. The first-order valence-electron chi connectivity index (χ1n) is 3.77. The van der Waals surface area contributed by atoms with E-state index in [0.29, 0.717) is 17.5 Å². The Morgan fingerprint density at radius 1 is 1.58 bits per heavy atom. The van der Waals surface area contributed by atoms with E-state index in [1.165, 1.54) is 0 Å². The van der Waals surface area contributed by atoms with Crippen molar-refractivity contribution in [2.45, 2.75) is 11.4 Å². The van der Waals surface area contributed by atoms with Crippen molar-refractivity contribution in [1.82, 2.24) is 0 Å². The summed E-state index contributed by atoms with van der Waals surface area (Å²) in [5.74, 6) is -0.158. The van der Waals surface area contributed by atoms with Gasteiger partial charge in [0, 0.05) is 10.9 Å². The van der Waals surface area contributed by atoms with E-state index in [9.17, 15) is 4.39 Å². The van der Waals surface area contributed by atoms with E-state index in [2.05, 4.69) is 15.9 Å². The molecule has 1 unspecified atom stereocenters. The average molecular weight is 231 g/mol. The Bertz CT molecular complexity index is 297. The van der Waals surface area contributed by atoms with Crippen LogP contribution in [0.15, 0.2) is 18.2 Å². The van der Waals surface area contributed by atoms with Gasteiger partial charge in [0.25, 0.3) is 0 Å². The van der Waals surface area contributed by atoms with Gasteiger partial charge in [-0.1, -0.05) is 28.1 Å². The molecule has 1 nitrogen and oxygen atoms in total. The molecule has 0 bridgehead atoms. The van der Waals surface area contributed by atoms with Gasteiger partial charge < -0.3 is 4.74 Å². The maximum atomic E-state index is 13.2. The van der Waals surface area contributed by atoms with Crippen LogP contribution in [0.5, 0.6) is 0 Å². The molecule has 1 aliphatic rings. The minimum absolute atomic E-state index is 0.00868. The summed E-state index contributed by atoms with van der Waals surface area (Å²) in [6.07, 6.45) is 0.00868. The highest BCUT2D eigenvalue weighted by Gasteiger charge is 2.27. The van der Waals surface area contributed by atoms with Crippen molar-refractivity contribution in [3.05, 3.63) is 35.1 Å². The molecule has 12 heavy (non-hydrogen) atoms. The first kappa shape index (κ1) is 8.20. The minimum atomic E-state index is -0.158. The SMILES string of the molecule is Fc1cc(CBr)ccc1C1CO1. The van der Waals surface area contributed by atoms with Gasteiger partial charge in [-0.2, -0.15) is 0 Å². The van der Waals surface area contributed by atoms with Gasteiger partial charge >= 0.3 is 0 Å². The second kappa shape index (κ2) is 3.15. The molecule has 3 heteroatoms. The van der Waals surface area contributed by atoms with E-state index in [1.54, 1.807) is 12.1 Å². The third-order valence-electron chi connectivity index (χ3n) is 1.90. The number of benzene rings is 1. The molecule has 1 aromatic carbocycles. The summed E-state index contributed by atoms with van der Waals surface area (Å²) in [5.41, 5.74) is 1.64. The fourth-order valence-electron chi connectivity index (χ4n) is 1.14. The Balaban J connectivity index is 2.32. The zero-order chi connectivity index (χ0) is 8.55. The molecule has 0 amide bonds. The molecule has 0 N–H and O–H groups in total. The minimum Gasteiger partial charge on any atom is -0.368 e. The molecule has 1 aliphatic heterocycles. The van der Waals surface area contributed by atoms with Crippen LogP contribution in [0.1, 0.15) is 17.2 Å². The topological polar surface area (TPSA) is 12.5 Å². The van der Waals surface area contributed by atoms with Gasteiger partial charge in [-0.05, 0) is 11.6 Å². The van der Waals surface area contributed by atoms with Crippen LogP contribution in [0.4, 0.5) is 4.39 Å². The van der Waals surface area contributed by atoms with Crippen LogP contribution in [-0.2, 0) is 10.1 Å². The van der Waals surface area contributed by atoms with Crippen molar-refractivity contribution in [2.75, 3.05) is 6.61 Å². The van der Waals surface area contributed by atoms with Crippen molar-refractivity contribution >= 4 is 15.9 Å². The maximum absolute atomic E-state index is 13.2. The Morgan fingerprint density at radius 3 is 2.83 bits per heavy atom. The summed E-state index contributed by atoms with van der Waals surface area (Å²) in [6, 6.07) is 5.25. The number of hydrogen-bond donors (Lipinski definition) is 0. The number of alkyl halides is 1. The van der Waals surface area contributed by atoms with Crippen molar-refractivity contribution in [2.24, 2.45) is 0 Å². The summed E-state index contributed by atoms with van der Waals surface area (Å²) < 4.78 is 18.2. The van der Waals surface area contributed by atoms with Crippen LogP contribution < -0.4 is 0 Å². The van der Waals surface area contributed by atoms with Crippen LogP contribution in [0.3, 0.4) is 0 Å². The summed E-state index contributed by atoms with van der Waals surface area (Å²) in [6.45, 7) is 0.657.